The van der Waals surface area contributed by atoms with Crippen molar-refractivity contribution in [2.75, 3.05) is 24.7 Å². The van der Waals surface area contributed by atoms with Crippen molar-refractivity contribution in [2.45, 2.75) is 32.4 Å². The fourth-order valence-electron chi connectivity index (χ4n) is 2.03. The lowest BCUT2D eigenvalue weighted by molar-refractivity contribution is 0.0477. The molecule has 0 amide bonds. The summed E-state index contributed by atoms with van der Waals surface area (Å²) in [5.74, 6) is 2.25. The van der Waals surface area contributed by atoms with E-state index in [0.717, 1.165) is 24.7 Å². The van der Waals surface area contributed by atoms with Crippen LogP contribution in [0.25, 0.3) is 0 Å². The molecule has 1 aliphatic heterocycles. The Morgan fingerprint density at radius 3 is 3.00 bits per heavy atom. The van der Waals surface area contributed by atoms with E-state index in [-0.39, 0.29) is 0 Å². The smallest absolute Gasteiger partial charge is 0.0868 e. The summed E-state index contributed by atoms with van der Waals surface area (Å²) in [5.41, 5.74) is 0. The highest BCUT2D eigenvalue weighted by molar-refractivity contribution is 7.99. The molecule has 2 atom stereocenters. The lowest BCUT2D eigenvalue weighted by Gasteiger charge is -2.30. The zero-order valence-corrected chi connectivity index (χ0v) is 12.2. The standard InChI is InChI=1S/C13H21NOS2/c1-3-6-14-13(11-9-16-8-7-15-11)12-5-4-10(2)17-12/h4-5,11,13-14H,3,6-9H2,1-2H3. The van der Waals surface area contributed by atoms with Gasteiger partial charge in [-0.05, 0) is 32.0 Å². The van der Waals surface area contributed by atoms with E-state index in [0.29, 0.717) is 12.1 Å². The van der Waals surface area contributed by atoms with Crippen LogP contribution in [0.1, 0.15) is 29.1 Å². The summed E-state index contributed by atoms with van der Waals surface area (Å²) in [6.45, 7) is 6.33. The summed E-state index contributed by atoms with van der Waals surface area (Å²) in [7, 11) is 0. The zero-order valence-electron chi connectivity index (χ0n) is 10.6. The number of thioether (sulfide) groups is 1. The van der Waals surface area contributed by atoms with Gasteiger partial charge in [-0.15, -0.1) is 11.3 Å². The van der Waals surface area contributed by atoms with Crippen molar-refractivity contribution in [1.82, 2.24) is 5.32 Å². The minimum absolute atomic E-state index is 0.332. The lowest BCUT2D eigenvalue weighted by atomic mass is 10.1. The van der Waals surface area contributed by atoms with Crippen LogP contribution in [0.4, 0.5) is 0 Å². The first-order valence-electron chi connectivity index (χ1n) is 6.30. The molecule has 0 saturated carbocycles. The molecule has 1 aromatic rings. The van der Waals surface area contributed by atoms with Crippen molar-refractivity contribution in [3.05, 3.63) is 21.9 Å². The van der Waals surface area contributed by atoms with E-state index in [1.54, 1.807) is 0 Å². The second kappa shape index (κ2) is 6.78. The summed E-state index contributed by atoms with van der Waals surface area (Å²) in [6, 6.07) is 4.83. The zero-order chi connectivity index (χ0) is 12.1. The number of hydrogen-bond donors (Lipinski definition) is 1. The highest BCUT2D eigenvalue weighted by atomic mass is 32.2. The quantitative estimate of drug-likeness (QED) is 0.888. The van der Waals surface area contributed by atoms with Crippen molar-refractivity contribution in [2.24, 2.45) is 0 Å². The summed E-state index contributed by atoms with van der Waals surface area (Å²) in [5, 5.41) is 3.64. The van der Waals surface area contributed by atoms with Crippen LogP contribution in [-0.4, -0.2) is 30.8 Å². The fourth-order valence-corrected chi connectivity index (χ4v) is 3.94. The number of ether oxygens (including phenoxy) is 1. The molecule has 2 nitrogen and oxygen atoms in total. The molecular weight excluding hydrogens is 250 g/mol. The number of nitrogens with one attached hydrogen (secondary N) is 1. The second-order valence-corrected chi connectivity index (χ2v) is 6.83. The normalized spacial score (nSPS) is 22.6. The average Bonchev–Trinajstić information content (AvgIpc) is 2.78. The first-order chi connectivity index (χ1) is 8.31. The van der Waals surface area contributed by atoms with Gasteiger partial charge < -0.3 is 10.1 Å². The first-order valence-corrected chi connectivity index (χ1v) is 8.27. The van der Waals surface area contributed by atoms with Crippen LogP contribution in [-0.2, 0) is 4.74 Å². The van der Waals surface area contributed by atoms with Crippen LogP contribution >= 0.6 is 23.1 Å². The van der Waals surface area contributed by atoms with Gasteiger partial charge in [0.1, 0.15) is 0 Å². The van der Waals surface area contributed by atoms with E-state index in [9.17, 15) is 0 Å². The molecule has 2 unspecified atom stereocenters. The van der Waals surface area contributed by atoms with Gasteiger partial charge in [-0.2, -0.15) is 11.8 Å². The highest BCUT2D eigenvalue weighted by Gasteiger charge is 2.26. The number of hydrogen-bond acceptors (Lipinski definition) is 4. The van der Waals surface area contributed by atoms with Gasteiger partial charge in [-0.1, -0.05) is 6.92 Å². The van der Waals surface area contributed by atoms with Crippen LogP contribution in [0.2, 0.25) is 0 Å². The largest absolute Gasteiger partial charge is 0.374 e. The SMILES string of the molecule is CCCNC(c1ccc(C)s1)C1CSCCO1. The third-order valence-corrected chi connectivity index (χ3v) is 5.00. The Morgan fingerprint density at radius 2 is 2.41 bits per heavy atom. The van der Waals surface area contributed by atoms with Gasteiger partial charge >= 0.3 is 0 Å². The number of rotatable bonds is 5. The van der Waals surface area contributed by atoms with E-state index >= 15 is 0 Å². The monoisotopic (exact) mass is 271 g/mol. The Balaban J connectivity index is 2.06. The Kier molecular flexibility index (Phi) is 5.35. The van der Waals surface area contributed by atoms with Gasteiger partial charge in [-0.25, -0.2) is 0 Å². The fraction of sp³-hybridized carbons (Fsp3) is 0.692. The predicted molar refractivity (Wildman–Crippen MR) is 77.2 cm³/mol. The third-order valence-electron chi connectivity index (χ3n) is 2.90. The summed E-state index contributed by atoms with van der Waals surface area (Å²) in [4.78, 5) is 2.80. The molecular formula is C13H21NOS2. The third kappa shape index (κ3) is 3.71. The van der Waals surface area contributed by atoms with Crippen LogP contribution < -0.4 is 5.32 Å². The van der Waals surface area contributed by atoms with Gasteiger partial charge in [0.05, 0.1) is 18.8 Å². The van der Waals surface area contributed by atoms with E-state index < -0.39 is 0 Å². The Labute approximate surface area is 112 Å². The summed E-state index contributed by atoms with van der Waals surface area (Å²) < 4.78 is 5.92. The number of aryl methyl sites for hydroxylation is 1. The maximum absolute atomic E-state index is 5.92. The van der Waals surface area contributed by atoms with Crippen LogP contribution in [0.15, 0.2) is 12.1 Å². The Morgan fingerprint density at radius 1 is 1.53 bits per heavy atom. The number of thiophene rings is 1. The molecule has 2 heterocycles. The van der Waals surface area contributed by atoms with Gasteiger partial charge in [0.15, 0.2) is 0 Å². The Bertz CT molecular complexity index is 334. The molecule has 2 rings (SSSR count). The summed E-state index contributed by atoms with van der Waals surface area (Å²) in [6.07, 6.45) is 1.50. The highest BCUT2D eigenvalue weighted by Crippen LogP contribution is 2.30. The molecule has 1 aliphatic rings. The van der Waals surface area contributed by atoms with E-state index in [1.807, 2.05) is 23.1 Å². The molecule has 0 radical (unpaired) electrons. The van der Waals surface area contributed by atoms with Gasteiger partial charge in [-0.3, -0.25) is 0 Å². The predicted octanol–water partition coefficient (Wildman–Crippen LogP) is 3.23. The average molecular weight is 271 g/mol. The van der Waals surface area contributed by atoms with Gasteiger partial charge in [0.25, 0.3) is 0 Å². The molecule has 4 heteroatoms. The van der Waals surface area contributed by atoms with Crippen molar-refractivity contribution in [3.63, 3.8) is 0 Å². The van der Waals surface area contributed by atoms with Crippen molar-refractivity contribution in [3.8, 4) is 0 Å². The molecule has 17 heavy (non-hydrogen) atoms. The molecule has 0 spiro atoms. The van der Waals surface area contributed by atoms with Crippen LogP contribution in [0.3, 0.4) is 0 Å². The first kappa shape index (κ1) is 13.4. The van der Waals surface area contributed by atoms with Gasteiger partial charge in [0, 0.05) is 21.3 Å². The molecule has 1 saturated heterocycles. The van der Waals surface area contributed by atoms with E-state index in [1.165, 1.54) is 16.2 Å². The van der Waals surface area contributed by atoms with Crippen molar-refractivity contribution < 1.29 is 4.74 Å². The molecule has 0 aliphatic carbocycles. The maximum atomic E-state index is 5.92. The Hall–Kier alpha value is -0.0300. The minimum Gasteiger partial charge on any atom is -0.374 e. The topological polar surface area (TPSA) is 21.3 Å². The molecule has 1 aromatic heterocycles. The maximum Gasteiger partial charge on any atom is 0.0868 e. The molecule has 0 bridgehead atoms. The second-order valence-electron chi connectivity index (χ2n) is 4.36. The summed E-state index contributed by atoms with van der Waals surface area (Å²) >= 11 is 3.89. The molecule has 1 fully saturated rings. The molecule has 96 valence electrons. The van der Waals surface area contributed by atoms with E-state index in [4.69, 9.17) is 4.74 Å². The van der Waals surface area contributed by atoms with E-state index in [2.05, 4.69) is 31.3 Å². The van der Waals surface area contributed by atoms with Gasteiger partial charge in [0.2, 0.25) is 0 Å². The van der Waals surface area contributed by atoms with Crippen molar-refractivity contribution >= 4 is 23.1 Å². The van der Waals surface area contributed by atoms with Crippen molar-refractivity contribution in [1.29, 1.82) is 0 Å². The van der Waals surface area contributed by atoms with Crippen LogP contribution in [0, 0.1) is 6.92 Å². The molecule has 1 N–H and O–H groups in total. The molecule has 0 aromatic carbocycles. The van der Waals surface area contributed by atoms with Crippen LogP contribution in [0.5, 0.6) is 0 Å². The minimum atomic E-state index is 0.332. The lowest BCUT2D eigenvalue weighted by Crippen LogP contribution is -2.38.